The summed E-state index contributed by atoms with van der Waals surface area (Å²) in [4.78, 5) is 0. The van der Waals surface area contributed by atoms with Crippen molar-refractivity contribution in [2.75, 3.05) is 0 Å². The third-order valence-corrected chi connectivity index (χ3v) is 2.79. The molecule has 1 heterocycles. The maximum Gasteiger partial charge on any atom is 0.123 e. The highest BCUT2D eigenvalue weighted by molar-refractivity contribution is 6.31. The lowest BCUT2D eigenvalue weighted by Gasteiger charge is -1.99. The summed E-state index contributed by atoms with van der Waals surface area (Å²) in [6, 6.07) is 11.7. The van der Waals surface area contributed by atoms with Crippen LogP contribution in [0.25, 0.3) is 16.6 Å². The van der Waals surface area contributed by atoms with E-state index < -0.39 is 0 Å². The second-order valence-electron chi connectivity index (χ2n) is 3.75. The molecule has 0 fully saturated rings. The molecule has 0 N–H and O–H groups in total. The smallest absolute Gasteiger partial charge is 0.123 e. The minimum absolute atomic E-state index is 0.256. The minimum Gasteiger partial charge on any atom is -0.240 e. The summed E-state index contributed by atoms with van der Waals surface area (Å²) in [5, 5.41) is 6.03. The Balaban J connectivity index is 2.14. The van der Waals surface area contributed by atoms with Gasteiger partial charge in [0.1, 0.15) is 5.82 Å². The van der Waals surface area contributed by atoms with E-state index in [9.17, 15) is 4.39 Å². The molecule has 0 atom stereocenters. The van der Waals surface area contributed by atoms with Crippen molar-refractivity contribution in [3.63, 3.8) is 0 Å². The molecule has 0 aliphatic heterocycles. The van der Waals surface area contributed by atoms with E-state index in [1.165, 1.54) is 12.1 Å². The van der Waals surface area contributed by atoms with Crippen molar-refractivity contribution in [2.24, 2.45) is 0 Å². The van der Waals surface area contributed by atoms with Gasteiger partial charge < -0.3 is 0 Å². The first-order valence-corrected chi connectivity index (χ1v) is 5.51. The van der Waals surface area contributed by atoms with Crippen LogP contribution in [-0.2, 0) is 0 Å². The molecule has 84 valence electrons. The molecule has 2 nitrogen and oxygen atoms in total. The van der Waals surface area contributed by atoms with E-state index in [0.717, 1.165) is 16.6 Å². The number of aromatic nitrogens is 2. The zero-order valence-corrected chi connectivity index (χ0v) is 9.53. The second-order valence-corrected chi connectivity index (χ2v) is 4.19. The van der Waals surface area contributed by atoms with Crippen LogP contribution in [0.4, 0.5) is 4.39 Å². The van der Waals surface area contributed by atoms with E-state index in [2.05, 4.69) is 5.10 Å². The monoisotopic (exact) mass is 246 g/mol. The molecule has 4 heteroatoms. The van der Waals surface area contributed by atoms with Gasteiger partial charge in [-0.05, 0) is 42.5 Å². The standard InChI is InChI=1S/C13H8ClFN2/c14-10-1-6-13-9(7-10)8-17(16-13)12-4-2-11(15)3-5-12/h1-8H. The van der Waals surface area contributed by atoms with Crippen LogP contribution < -0.4 is 0 Å². The predicted molar refractivity (Wildman–Crippen MR) is 66.0 cm³/mol. The van der Waals surface area contributed by atoms with Crippen molar-refractivity contribution in [1.82, 2.24) is 9.78 Å². The fourth-order valence-electron chi connectivity index (χ4n) is 1.72. The Kier molecular flexibility index (Phi) is 2.34. The number of nitrogens with zero attached hydrogens (tertiary/aromatic N) is 2. The van der Waals surface area contributed by atoms with Crippen molar-refractivity contribution in [1.29, 1.82) is 0 Å². The molecule has 17 heavy (non-hydrogen) atoms. The third-order valence-electron chi connectivity index (χ3n) is 2.56. The van der Waals surface area contributed by atoms with Gasteiger partial charge in [0.25, 0.3) is 0 Å². The molecule has 0 spiro atoms. The summed E-state index contributed by atoms with van der Waals surface area (Å²) in [6.45, 7) is 0. The number of halogens is 2. The highest BCUT2D eigenvalue weighted by Crippen LogP contribution is 2.19. The van der Waals surface area contributed by atoms with Crippen LogP contribution in [0.2, 0.25) is 5.02 Å². The van der Waals surface area contributed by atoms with Gasteiger partial charge in [-0.1, -0.05) is 11.6 Å². The highest BCUT2D eigenvalue weighted by atomic mass is 35.5. The van der Waals surface area contributed by atoms with Crippen molar-refractivity contribution >= 4 is 22.5 Å². The fraction of sp³-hybridized carbons (Fsp3) is 0. The normalized spacial score (nSPS) is 10.9. The second kappa shape index (κ2) is 3.86. The number of fused-ring (bicyclic) bond motifs is 1. The summed E-state index contributed by atoms with van der Waals surface area (Å²) in [5.41, 5.74) is 1.68. The predicted octanol–water partition coefficient (Wildman–Crippen LogP) is 3.82. The van der Waals surface area contributed by atoms with Crippen LogP contribution in [0.3, 0.4) is 0 Å². The lowest BCUT2D eigenvalue weighted by Crippen LogP contribution is -1.93. The minimum atomic E-state index is -0.256. The fourth-order valence-corrected chi connectivity index (χ4v) is 1.90. The molecule has 0 unspecified atom stereocenters. The summed E-state index contributed by atoms with van der Waals surface area (Å²) < 4.78 is 14.5. The molecular formula is C13H8ClFN2. The Morgan fingerprint density at radius 1 is 1.06 bits per heavy atom. The van der Waals surface area contributed by atoms with Gasteiger partial charge in [0.2, 0.25) is 0 Å². The maximum atomic E-state index is 12.8. The zero-order valence-electron chi connectivity index (χ0n) is 8.77. The van der Waals surface area contributed by atoms with E-state index in [1.54, 1.807) is 22.9 Å². The zero-order chi connectivity index (χ0) is 11.8. The Morgan fingerprint density at radius 3 is 2.59 bits per heavy atom. The first kappa shape index (κ1) is 10.3. The molecule has 0 radical (unpaired) electrons. The van der Waals surface area contributed by atoms with E-state index in [-0.39, 0.29) is 5.82 Å². The SMILES string of the molecule is Fc1ccc(-n2cc3cc(Cl)ccc3n2)cc1. The Bertz CT molecular complexity index is 673. The van der Waals surface area contributed by atoms with Crippen molar-refractivity contribution in [3.05, 3.63) is 59.5 Å². The van der Waals surface area contributed by atoms with Crippen LogP contribution in [0, 0.1) is 5.82 Å². The van der Waals surface area contributed by atoms with E-state index in [1.807, 2.05) is 18.3 Å². The van der Waals surface area contributed by atoms with Crippen LogP contribution in [0.15, 0.2) is 48.7 Å². The Morgan fingerprint density at radius 2 is 1.82 bits per heavy atom. The van der Waals surface area contributed by atoms with Gasteiger partial charge >= 0.3 is 0 Å². The molecular weight excluding hydrogens is 239 g/mol. The van der Waals surface area contributed by atoms with Gasteiger partial charge in [-0.25, -0.2) is 9.07 Å². The molecule has 3 aromatic rings. The number of hydrogen-bond acceptors (Lipinski definition) is 1. The topological polar surface area (TPSA) is 17.8 Å². The molecule has 0 aliphatic carbocycles. The lowest BCUT2D eigenvalue weighted by atomic mass is 10.2. The van der Waals surface area contributed by atoms with Crippen LogP contribution in [0.1, 0.15) is 0 Å². The first-order chi connectivity index (χ1) is 8.22. The van der Waals surface area contributed by atoms with Crippen molar-refractivity contribution in [2.45, 2.75) is 0 Å². The number of benzene rings is 2. The van der Waals surface area contributed by atoms with Crippen molar-refractivity contribution in [3.8, 4) is 5.69 Å². The summed E-state index contributed by atoms with van der Waals surface area (Å²) >= 11 is 5.91. The first-order valence-electron chi connectivity index (χ1n) is 5.13. The number of hydrogen-bond donors (Lipinski definition) is 0. The van der Waals surface area contributed by atoms with Gasteiger partial charge in [-0.15, -0.1) is 0 Å². The molecule has 0 amide bonds. The van der Waals surface area contributed by atoms with Gasteiger partial charge in [0.15, 0.2) is 0 Å². The maximum absolute atomic E-state index is 12.8. The summed E-state index contributed by atoms with van der Waals surface area (Å²) in [6.07, 6.45) is 1.87. The summed E-state index contributed by atoms with van der Waals surface area (Å²) in [5.74, 6) is -0.256. The number of rotatable bonds is 1. The Hall–Kier alpha value is -1.87. The van der Waals surface area contributed by atoms with Crippen LogP contribution in [0.5, 0.6) is 0 Å². The van der Waals surface area contributed by atoms with E-state index in [4.69, 9.17) is 11.6 Å². The van der Waals surface area contributed by atoms with Gasteiger partial charge in [0, 0.05) is 16.6 Å². The molecule has 3 rings (SSSR count). The quantitative estimate of drug-likeness (QED) is 0.638. The van der Waals surface area contributed by atoms with Crippen LogP contribution >= 0.6 is 11.6 Å². The third kappa shape index (κ3) is 1.89. The average Bonchev–Trinajstić information content (AvgIpc) is 2.72. The largest absolute Gasteiger partial charge is 0.240 e. The van der Waals surface area contributed by atoms with Crippen molar-refractivity contribution < 1.29 is 4.39 Å². The van der Waals surface area contributed by atoms with Gasteiger partial charge in [-0.3, -0.25) is 0 Å². The lowest BCUT2D eigenvalue weighted by molar-refractivity contribution is 0.627. The van der Waals surface area contributed by atoms with Crippen LogP contribution in [-0.4, -0.2) is 9.78 Å². The molecule has 2 aromatic carbocycles. The van der Waals surface area contributed by atoms with E-state index in [0.29, 0.717) is 5.02 Å². The average molecular weight is 247 g/mol. The highest BCUT2D eigenvalue weighted by Gasteiger charge is 2.03. The van der Waals surface area contributed by atoms with Gasteiger partial charge in [0.05, 0.1) is 11.2 Å². The molecule has 0 aliphatic rings. The molecule has 0 saturated heterocycles. The Labute approximate surface area is 102 Å². The van der Waals surface area contributed by atoms with E-state index >= 15 is 0 Å². The molecule has 0 bridgehead atoms. The van der Waals surface area contributed by atoms with Gasteiger partial charge in [-0.2, -0.15) is 5.10 Å². The molecule has 1 aromatic heterocycles. The summed E-state index contributed by atoms with van der Waals surface area (Å²) in [7, 11) is 0. The molecule has 0 saturated carbocycles.